The Bertz CT molecular complexity index is 1370. The van der Waals surface area contributed by atoms with E-state index in [0.717, 1.165) is 48.6 Å². The lowest BCUT2D eigenvalue weighted by molar-refractivity contribution is -0.132. The highest BCUT2D eigenvalue weighted by atomic mass is 16.2. The molecule has 0 radical (unpaired) electrons. The molecule has 0 bridgehead atoms. The fraction of sp³-hybridized carbons (Fsp3) is 0.207. The normalized spacial score (nSPS) is 16.7. The Kier molecular flexibility index (Phi) is 6.52. The number of rotatable bonds is 5. The van der Waals surface area contributed by atoms with Crippen LogP contribution in [0.1, 0.15) is 22.3 Å². The van der Waals surface area contributed by atoms with Gasteiger partial charge in [-0.15, -0.1) is 0 Å². The Labute approximate surface area is 210 Å². The average Bonchev–Trinajstić information content (AvgIpc) is 3.23. The molecule has 36 heavy (non-hydrogen) atoms. The number of amides is 2. The summed E-state index contributed by atoms with van der Waals surface area (Å²) in [4.78, 5) is 29.9. The number of nitriles is 1. The molecule has 0 unspecified atom stereocenters. The quantitative estimate of drug-likeness (QED) is 0.546. The number of anilines is 2. The van der Waals surface area contributed by atoms with E-state index in [-0.39, 0.29) is 11.8 Å². The van der Waals surface area contributed by atoms with Crippen molar-refractivity contribution < 1.29 is 9.59 Å². The van der Waals surface area contributed by atoms with Crippen LogP contribution in [0.15, 0.2) is 72.8 Å². The second-order valence-electron chi connectivity index (χ2n) is 9.13. The third-order valence-electron chi connectivity index (χ3n) is 6.64. The van der Waals surface area contributed by atoms with Crippen molar-refractivity contribution in [2.75, 3.05) is 43.9 Å². The number of nitrogens with zero attached hydrogens (tertiary/aromatic N) is 3. The molecule has 3 aromatic rings. The molecule has 0 aliphatic carbocycles. The van der Waals surface area contributed by atoms with E-state index in [2.05, 4.69) is 28.7 Å². The number of piperazine rings is 1. The second kappa shape index (κ2) is 10.1. The maximum Gasteiger partial charge on any atom is 0.258 e. The maximum atomic E-state index is 13.0. The molecule has 0 aromatic heterocycles. The van der Waals surface area contributed by atoms with Crippen LogP contribution in [0.4, 0.5) is 11.4 Å². The Morgan fingerprint density at radius 2 is 1.72 bits per heavy atom. The van der Waals surface area contributed by atoms with Gasteiger partial charge in [0.25, 0.3) is 5.91 Å². The molecule has 0 atom stereocenters. The van der Waals surface area contributed by atoms with E-state index in [1.54, 1.807) is 18.2 Å². The Hall–Kier alpha value is -4.41. The number of carbonyl (C=O) groups is 2. The molecular formula is C29H27N5O2. The zero-order chi connectivity index (χ0) is 25.1. The van der Waals surface area contributed by atoms with E-state index >= 15 is 0 Å². The highest BCUT2D eigenvalue weighted by molar-refractivity contribution is 6.37. The van der Waals surface area contributed by atoms with Gasteiger partial charge in [-0.25, -0.2) is 0 Å². The average molecular weight is 478 g/mol. The van der Waals surface area contributed by atoms with Crippen molar-refractivity contribution in [1.82, 2.24) is 9.80 Å². The molecule has 2 aliphatic rings. The third kappa shape index (κ3) is 4.85. The molecule has 180 valence electrons. The summed E-state index contributed by atoms with van der Waals surface area (Å²) in [7, 11) is 2.07. The van der Waals surface area contributed by atoms with Crippen molar-refractivity contribution in [1.29, 1.82) is 5.26 Å². The summed E-state index contributed by atoms with van der Waals surface area (Å²) in [6.45, 7) is 3.34. The lowest BCUT2D eigenvalue weighted by Gasteiger charge is -2.32. The van der Waals surface area contributed by atoms with Gasteiger partial charge in [-0.3, -0.25) is 9.59 Å². The van der Waals surface area contributed by atoms with Gasteiger partial charge >= 0.3 is 0 Å². The molecule has 2 heterocycles. The van der Waals surface area contributed by atoms with Crippen LogP contribution < -0.4 is 10.6 Å². The Morgan fingerprint density at radius 1 is 1.00 bits per heavy atom. The van der Waals surface area contributed by atoms with E-state index in [0.29, 0.717) is 28.9 Å². The molecule has 7 heteroatoms. The van der Waals surface area contributed by atoms with Crippen LogP contribution in [-0.4, -0.2) is 54.8 Å². The maximum absolute atomic E-state index is 13.0. The van der Waals surface area contributed by atoms with Crippen molar-refractivity contribution >= 4 is 34.5 Å². The summed E-state index contributed by atoms with van der Waals surface area (Å²) in [6.07, 6.45) is 0.369. The van der Waals surface area contributed by atoms with Gasteiger partial charge < -0.3 is 20.4 Å². The zero-order valence-electron chi connectivity index (χ0n) is 20.1. The minimum Gasteiger partial charge on any atom is -0.354 e. The number of fused-ring (bicyclic) bond motifs is 1. The van der Waals surface area contributed by atoms with Crippen LogP contribution >= 0.6 is 0 Å². The van der Waals surface area contributed by atoms with Gasteiger partial charge in [0.2, 0.25) is 5.91 Å². The summed E-state index contributed by atoms with van der Waals surface area (Å²) in [5, 5.41) is 15.6. The molecule has 1 saturated heterocycles. The van der Waals surface area contributed by atoms with Gasteiger partial charge in [0.05, 0.1) is 35.0 Å². The first kappa shape index (κ1) is 23.3. The number of benzene rings is 3. The van der Waals surface area contributed by atoms with Crippen molar-refractivity contribution in [3.05, 3.63) is 95.1 Å². The summed E-state index contributed by atoms with van der Waals surface area (Å²) >= 11 is 0. The molecule has 2 N–H and O–H groups in total. The van der Waals surface area contributed by atoms with Crippen molar-refractivity contribution in [2.45, 2.75) is 6.42 Å². The highest BCUT2D eigenvalue weighted by Crippen LogP contribution is 2.38. The molecular weight excluding hydrogens is 450 g/mol. The molecule has 0 spiro atoms. The molecule has 1 fully saturated rings. The van der Waals surface area contributed by atoms with E-state index < -0.39 is 0 Å². The summed E-state index contributed by atoms with van der Waals surface area (Å²) in [5.41, 5.74) is 5.70. The number of carbonyl (C=O) groups excluding carboxylic acids is 2. The molecule has 3 aromatic carbocycles. The number of nitrogens with one attached hydrogen (secondary N) is 2. The molecule has 0 saturated carbocycles. The van der Waals surface area contributed by atoms with Crippen LogP contribution in [0.5, 0.6) is 0 Å². The van der Waals surface area contributed by atoms with E-state index in [4.69, 9.17) is 0 Å². The van der Waals surface area contributed by atoms with Gasteiger partial charge in [0, 0.05) is 37.4 Å². The minimum atomic E-state index is -0.221. The van der Waals surface area contributed by atoms with Gasteiger partial charge in [-0.2, -0.15) is 5.26 Å². The first-order valence-corrected chi connectivity index (χ1v) is 12.0. The van der Waals surface area contributed by atoms with Crippen LogP contribution in [0.25, 0.3) is 11.3 Å². The largest absolute Gasteiger partial charge is 0.354 e. The summed E-state index contributed by atoms with van der Waals surface area (Å²) < 4.78 is 0. The summed E-state index contributed by atoms with van der Waals surface area (Å²) in [5.74, 6) is -0.0762. The Morgan fingerprint density at radius 3 is 2.42 bits per heavy atom. The lowest BCUT2D eigenvalue weighted by atomic mass is 9.99. The first-order chi connectivity index (χ1) is 17.5. The van der Waals surface area contributed by atoms with Gasteiger partial charge in [0.1, 0.15) is 0 Å². The predicted molar refractivity (Wildman–Crippen MR) is 141 cm³/mol. The standard InChI is InChI=1S/C29H27N5O2/c1-33-13-15-34(16-14-33)26(35)18-20-7-10-23(11-8-20)31-28(22-5-3-2-4-6-22)27-24-12-9-21(19-30)17-25(24)32-29(27)36/h2-12,17,31H,13-16,18H2,1H3,(H,32,36). The van der Waals surface area contributed by atoms with Gasteiger partial charge in [0.15, 0.2) is 0 Å². The minimum absolute atomic E-state index is 0.145. The fourth-order valence-corrected chi connectivity index (χ4v) is 4.57. The van der Waals surface area contributed by atoms with E-state index in [1.165, 1.54) is 0 Å². The predicted octanol–water partition coefficient (Wildman–Crippen LogP) is 3.81. The van der Waals surface area contributed by atoms with Crippen LogP contribution in [0.2, 0.25) is 0 Å². The van der Waals surface area contributed by atoms with Crippen LogP contribution in [0, 0.1) is 11.3 Å². The molecule has 2 aliphatic heterocycles. The molecule has 7 nitrogen and oxygen atoms in total. The molecule has 2 amide bonds. The number of likely N-dealkylation sites (N-methyl/N-ethyl adjacent to an activating group) is 1. The number of hydrogen-bond donors (Lipinski definition) is 2. The van der Waals surface area contributed by atoms with Crippen molar-refractivity contribution in [3.63, 3.8) is 0 Å². The first-order valence-electron chi connectivity index (χ1n) is 12.0. The van der Waals surface area contributed by atoms with Gasteiger partial charge in [-0.1, -0.05) is 48.5 Å². The van der Waals surface area contributed by atoms with Crippen molar-refractivity contribution in [3.8, 4) is 6.07 Å². The SMILES string of the molecule is CN1CCN(C(=O)Cc2ccc(NC(=C3C(=O)Nc4cc(C#N)ccc43)c3ccccc3)cc2)CC1. The zero-order valence-corrected chi connectivity index (χ0v) is 20.1. The fourth-order valence-electron chi connectivity index (χ4n) is 4.57. The highest BCUT2D eigenvalue weighted by Gasteiger charge is 2.28. The van der Waals surface area contributed by atoms with E-state index in [1.807, 2.05) is 59.5 Å². The second-order valence-corrected chi connectivity index (χ2v) is 9.13. The topological polar surface area (TPSA) is 88.5 Å². The third-order valence-corrected chi connectivity index (χ3v) is 6.64. The smallest absolute Gasteiger partial charge is 0.258 e. The van der Waals surface area contributed by atoms with Crippen LogP contribution in [-0.2, 0) is 16.0 Å². The summed E-state index contributed by atoms with van der Waals surface area (Å²) in [6, 6.07) is 24.8. The number of hydrogen-bond acceptors (Lipinski definition) is 5. The monoisotopic (exact) mass is 477 g/mol. The van der Waals surface area contributed by atoms with Crippen molar-refractivity contribution in [2.24, 2.45) is 0 Å². The Balaban J connectivity index is 1.41. The molecule has 5 rings (SSSR count). The van der Waals surface area contributed by atoms with Crippen LogP contribution in [0.3, 0.4) is 0 Å². The lowest BCUT2D eigenvalue weighted by Crippen LogP contribution is -2.47. The van der Waals surface area contributed by atoms with Gasteiger partial charge in [-0.05, 0) is 42.4 Å². The van der Waals surface area contributed by atoms with E-state index in [9.17, 15) is 14.9 Å².